The molecule has 150 valence electrons. The molecule has 0 radical (unpaired) electrons. The first-order valence-corrected chi connectivity index (χ1v) is 9.56. The lowest BCUT2D eigenvalue weighted by molar-refractivity contribution is 0.140. The summed E-state index contributed by atoms with van der Waals surface area (Å²) in [7, 11) is 3.31. The third-order valence-corrected chi connectivity index (χ3v) is 4.44. The van der Waals surface area contributed by atoms with Crippen LogP contribution < -0.4 is 9.47 Å². The van der Waals surface area contributed by atoms with Crippen LogP contribution in [0.15, 0.2) is 70.9 Å². The van der Waals surface area contributed by atoms with Crippen molar-refractivity contribution in [3.63, 3.8) is 0 Å². The second kappa shape index (κ2) is 11.9. The van der Waals surface area contributed by atoms with Crippen LogP contribution in [0.4, 0.5) is 0 Å². The number of hydrogen-bond donors (Lipinski definition) is 1. The van der Waals surface area contributed by atoms with Crippen LogP contribution in [0.2, 0.25) is 0 Å². The largest absolute Gasteiger partial charge is 0.497 e. The molecule has 4 nitrogen and oxygen atoms in total. The first-order valence-electron chi connectivity index (χ1n) is 9.56. The standard InChI is InChI=1S/C24H30O4/c1-19(13-16-22(25)23-12-9-17-28-23)10-7-5-4-6-8-11-20-14-15-21(26-2)18-24(20)27-3/h5,7-12,14-15,17-18,22,25H,4,6,13,16H2,1-3H3/b7-5+,11-8-,19-10+. The van der Waals surface area contributed by atoms with Crippen molar-refractivity contribution < 1.29 is 19.0 Å². The lowest BCUT2D eigenvalue weighted by Crippen LogP contribution is -1.95. The van der Waals surface area contributed by atoms with E-state index in [0.29, 0.717) is 12.2 Å². The van der Waals surface area contributed by atoms with E-state index in [9.17, 15) is 5.11 Å². The minimum Gasteiger partial charge on any atom is -0.497 e. The lowest BCUT2D eigenvalue weighted by atomic mass is 10.1. The van der Waals surface area contributed by atoms with Crippen LogP contribution in [-0.2, 0) is 0 Å². The fourth-order valence-corrected chi connectivity index (χ4v) is 2.76. The summed E-state index contributed by atoms with van der Waals surface area (Å²) < 4.78 is 15.8. The maximum absolute atomic E-state index is 10.0. The zero-order valence-corrected chi connectivity index (χ0v) is 16.9. The van der Waals surface area contributed by atoms with Gasteiger partial charge in [0.1, 0.15) is 23.4 Å². The van der Waals surface area contributed by atoms with Crippen molar-refractivity contribution >= 4 is 6.08 Å². The van der Waals surface area contributed by atoms with E-state index in [1.807, 2.05) is 18.2 Å². The number of allylic oxidation sites excluding steroid dienone is 5. The molecule has 0 fully saturated rings. The Morgan fingerprint density at radius 3 is 2.68 bits per heavy atom. The SMILES string of the molecule is COc1ccc(/C=C\CC/C=C/C=C(\C)CCC(O)c2ccco2)c(OC)c1. The second-order valence-corrected chi connectivity index (χ2v) is 6.60. The van der Waals surface area contributed by atoms with Gasteiger partial charge in [-0.3, -0.25) is 0 Å². The molecule has 1 N–H and O–H groups in total. The lowest BCUT2D eigenvalue weighted by Gasteiger charge is -2.07. The van der Waals surface area contributed by atoms with E-state index in [4.69, 9.17) is 13.9 Å². The van der Waals surface area contributed by atoms with E-state index in [-0.39, 0.29) is 0 Å². The van der Waals surface area contributed by atoms with E-state index in [1.54, 1.807) is 32.6 Å². The molecule has 1 aromatic heterocycles. The molecule has 2 aromatic rings. The summed E-state index contributed by atoms with van der Waals surface area (Å²) in [6.45, 7) is 2.08. The molecule has 28 heavy (non-hydrogen) atoms. The molecule has 0 spiro atoms. The Morgan fingerprint density at radius 1 is 1.14 bits per heavy atom. The molecule has 0 aliphatic rings. The van der Waals surface area contributed by atoms with Crippen molar-refractivity contribution in [2.45, 2.75) is 38.7 Å². The van der Waals surface area contributed by atoms with E-state index < -0.39 is 6.10 Å². The van der Waals surface area contributed by atoms with Gasteiger partial charge in [0.05, 0.1) is 20.5 Å². The fourth-order valence-electron chi connectivity index (χ4n) is 2.76. The van der Waals surface area contributed by atoms with Crippen molar-refractivity contribution in [3.8, 4) is 11.5 Å². The zero-order valence-electron chi connectivity index (χ0n) is 16.9. The molecule has 0 saturated heterocycles. The summed E-state index contributed by atoms with van der Waals surface area (Å²) in [5, 5.41) is 10.0. The smallest absolute Gasteiger partial charge is 0.132 e. The molecule has 1 unspecified atom stereocenters. The van der Waals surface area contributed by atoms with E-state index in [2.05, 4.69) is 37.3 Å². The van der Waals surface area contributed by atoms with Crippen LogP contribution in [0.5, 0.6) is 11.5 Å². The van der Waals surface area contributed by atoms with E-state index >= 15 is 0 Å². The van der Waals surface area contributed by atoms with Gasteiger partial charge < -0.3 is 19.0 Å². The van der Waals surface area contributed by atoms with Gasteiger partial charge in [0.15, 0.2) is 0 Å². The molecule has 4 heteroatoms. The van der Waals surface area contributed by atoms with Gasteiger partial charge in [-0.05, 0) is 56.9 Å². The summed E-state index contributed by atoms with van der Waals surface area (Å²) in [5.41, 5.74) is 2.28. The topological polar surface area (TPSA) is 51.8 Å². The minimum atomic E-state index is -0.539. The summed E-state index contributed by atoms with van der Waals surface area (Å²) in [5.74, 6) is 2.22. The Bertz CT molecular complexity index is 785. The number of methoxy groups -OCH3 is 2. The number of ether oxygens (including phenoxy) is 2. The monoisotopic (exact) mass is 382 g/mol. The number of benzene rings is 1. The first-order chi connectivity index (χ1) is 13.6. The highest BCUT2D eigenvalue weighted by molar-refractivity contribution is 5.59. The molecule has 1 atom stereocenters. The molecular weight excluding hydrogens is 352 g/mol. The number of aliphatic hydroxyl groups is 1. The Morgan fingerprint density at radius 2 is 1.96 bits per heavy atom. The highest BCUT2D eigenvalue weighted by Crippen LogP contribution is 2.25. The zero-order chi connectivity index (χ0) is 20.2. The average Bonchev–Trinajstić information content (AvgIpc) is 3.26. The van der Waals surface area contributed by atoms with Gasteiger partial charge >= 0.3 is 0 Å². The second-order valence-electron chi connectivity index (χ2n) is 6.60. The van der Waals surface area contributed by atoms with Crippen molar-refractivity contribution in [1.82, 2.24) is 0 Å². The maximum Gasteiger partial charge on any atom is 0.132 e. The summed E-state index contributed by atoms with van der Waals surface area (Å²) in [6, 6.07) is 9.41. The van der Waals surface area contributed by atoms with E-state index in [1.165, 1.54) is 5.57 Å². The highest BCUT2D eigenvalue weighted by atomic mass is 16.5. The molecule has 0 bridgehead atoms. The Labute approximate surface area is 167 Å². The van der Waals surface area contributed by atoms with Gasteiger partial charge in [-0.2, -0.15) is 0 Å². The average molecular weight is 383 g/mol. The van der Waals surface area contributed by atoms with Crippen LogP contribution in [0.25, 0.3) is 6.08 Å². The van der Waals surface area contributed by atoms with Gasteiger partial charge in [-0.1, -0.05) is 36.0 Å². The number of rotatable bonds is 11. The predicted octanol–water partition coefficient (Wildman–Crippen LogP) is 6.11. The van der Waals surface area contributed by atoms with Gasteiger partial charge in [-0.15, -0.1) is 0 Å². The van der Waals surface area contributed by atoms with Gasteiger partial charge in [0.2, 0.25) is 0 Å². The van der Waals surface area contributed by atoms with Crippen molar-refractivity contribution in [1.29, 1.82) is 0 Å². The molecule has 1 aromatic carbocycles. The summed E-state index contributed by atoms with van der Waals surface area (Å²) in [6.07, 6.45) is 15.0. The predicted molar refractivity (Wildman–Crippen MR) is 114 cm³/mol. The minimum absolute atomic E-state index is 0.539. The van der Waals surface area contributed by atoms with Crippen molar-refractivity contribution in [2.24, 2.45) is 0 Å². The van der Waals surface area contributed by atoms with Crippen LogP contribution in [0, 0.1) is 0 Å². The quantitative estimate of drug-likeness (QED) is 0.376. The Kier molecular flexibility index (Phi) is 9.16. The summed E-state index contributed by atoms with van der Waals surface area (Å²) >= 11 is 0. The number of aliphatic hydroxyl groups excluding tert-OH is 1. The highest BCUT2D eigenvalue weighted by Gasteiger charge is 2.09. The molecule has 0 saturated carbocycles. The third-order valence-electron chi connectivity index (χ3n) is 4.44. The van der Waals surface area contributed by atoms with Crippen molar-refractivity contribution in [3.05, 3.63) is 77.8 Å². The maximum atomic E-state index is 10.0. The van der Waals surface area contributed by atoms with Crippen LogP contribution >= 0.6 is 0 Å². The summed E-state index contributed by atoms with van der Waals surface area (Å²) in [4.78, 5) is 0. The molecule has 0 aliphatic carbocycles. The Hall–Kier alpha value is -2.72. The Balaban J connectivity index is 1.71. The molecule has 1 heterocycles. The normalized spacial score (nSPS) is 13.4. The molecule has 2 rings (SSSR count). The molecular formula is C24H30O4. The van der Waals surface area contributed by atoms with Gasteiger partial charge in [0.25, 0.3) is 0 Å². The number of unbranched alkanes of at least 4 members (excludes halogenated alkanes) is 1. The first kappa shape index (κ1) is 21.6. The van der Waals surface area contributed by atoms with Gasteiger partial charge in [0, 0.05) is 11.6 Å². The molecule has 0 aliphatic heterocycles. The number of hydrogen-bond acceptors (Lipinski definition) is 4. The fraction of sp³-hybridized carbons (Fsp3) is 0.333. The van der Waals surface area contributed by atoms with Crippen LogP contribution in [0.3, 0.4) is 0 Å². The molecule has 0 amide bonds. The van der Waals surface area contributed by atoms with Gasteiger partial charge in [-0.25, -0.2) is 0 Å². The van der Waals surface area contributed by atoms with Crippen LogP contribution in [-0.4, -0.2) is 19.3 Å². The van der Waals surface area contributed by atoms with Crippen LogP contribution in [0.1, 0.15) is 50.0 Å². The van der Waals surface area contributed by atoms with Crippen molar-refractivity contribution in [2.75, 3.05) is 14.2 Å². The number of furan rings is 1. The van der Waals surface area contributed by atoms with E-state index in [0.717, 1.165) is 36.3 Å². The third kappa shape index (κ3) is 7.12.